The maximum absolute atomic E-state index is 12.0. The number of amides is 2. The second-order valence-electron chi connectivity index (χ2n) is 4.47. The van der Waals surface area contributed by atoms with Crippen LogP contribution < -0.4 is 5.32 Å². The molecular weight excluding hydrogens is 298 g/mol. The highest BCUT2D eigenvalue weighted by molar-refractivity contribution is 6.33. The Labute approximate surface area is 127 Å². The van der Waals surface area contributed by atoms with Gasteiger partial charge in [-0.05, 0) is 26.0 Å². The zero-order valence-electron chi connectivity index (χ0n) is 11.9. The van der Waals surface area contributed by atoms with Crippen molar-refractivity contribution >= 4 is 29.1 Å². The fourth-order valence-electron chi connectivity index (χ4n) is 1.62. The molecule has 1 unspecified atom stereocenters. The zero-order chi connectivity index (χ0) is 16.2. The lowest BCUT2D eigenvalue weighted by Crippen LogP contribution is -2.45. The Bertz CT molecular complexity index is 577. The number of benzene rings is 1. The van der Waals surface area contributed by atoms with Crippen LogP contribution in [0.15, 0.2) is 18.2 Å². The minimum absolute atomic E-state index is 0.127. The average Bonchev–Trinajstić information content (AvgIpc) is 2.44. The lowest BCUT2D eigenvalue weighted by atomic mass is 10.1. The van der Waals surface area contributed by atoms with E-state index in [0.717, 1.165) is 6.07 Å². The van der Waals surface area contributed by atoms with E-state index in [1.807, 2.05) is 6.92 Å². The van der Waals surface area contributed by atoms with Crippen LogP contribution in [0.3, 0.4) is 0 Å². The predicted octanol–water partition coefficient (Wildman–Crippen LogP) is 1.84. The molecule has 0 bridgehead atoms. The van der Waals surface area contributed by atoms with Crippen molar-refractivity contribution in [3.05, 3.63) is 38.9 Å². The monoisotopic (exact) mass is 313 g/mol. The number of hydrogen-bond donors (Lipinski definition) is 1. The van der Waals surface area contributed by atoms with E-state index in [1.54, 1.807) is 14.0 Å². The maximum atomic E-state index is 12.0. The van der Waals surface area contributed by atoms with Crippen molar-refractivity contribution in [3.63, 3.8) is 0 Å². The Kier molecular flexibility index (Phi) is 5.66. The van der Waals surface area contributed by atoms with Crippen LogP contribution >= 0.6 is 11.6 Å². The first-order valence-corrected chi connectivity index (χ1v) is 6.65. The van der Waals surface area contributed by atoms with Crippen LogP contribution in [0.4, 0.5) is 5.69 Å². The van der Waals surface area contributed by atoms with Crippen LogP contribution in [-0.4, -0.2) is 41.3 Å². The second-order valence-corrected chi connectivity index (χ2v) is 4.88. The van der Waals surface area contributed by atoms with Gasteiger partial charge in [-0.3, -0.25) is 19.7 Å². The zero-order valence-corrected chi connectivity index (χ0v) is 12.7. The minimum Gasteiger partial charge on any atom is -0.344 e. The first-order chi connectivity index (χ1) is 9.77. The first kappa shape index (κ1) is 16.9. The standard InChI is InChI=1S/C13H16ClN3O4/c1-4-16(3)13(19)8(2)15-12(18)9-5-6-11(17(20)21)10(14)7-9/h5-8H,4H2,1-3H3,(H,15,18). The van der Waals surface area contributed by atoms with Crippen molar-refractivity contribution in [2.24, 2.45) is 0 Å². The summed E-state index contributed by atoms with van der Waals surface area (Å²) in [5.41, 5.74) is -0.118. The number of carbonyl (C=O) groups excluding carboxylic acids is 2. The molecule has 114 valence electrons. The molecule has 0 aliphatic rings. The van der Waals surface area contributed by atoms with Crippen LogP contribution in [-0.2, 0) is 4.79 Å². The van der Waals surface area contributed by atoms with E-state index in [4.69, 9.17) is 11.6 Å². The number of carbonyl (C=O) groups is 2. The Morgan fingerprint density at radius 2 is 2.10 bits per heavy atom. The number of hydrogen-bond acceptors (Lipinski definition) is 4. The molecular formula is C13H16ClN3O4. The van der Waals surface area contributed by atoms with Gasteiger partial charge >= 0.3 is 0 Å². The van der Waals surface area contributed by atoms with E-state index >= 15 is 0 Å². The van der Waals surface area contributed by atoms with E-state index in [1.165, 1.54) is 17.0 Å². The molecule has 0 aromatic heterocycles. The van der Waals surface area contributed by atoms with Gasteiger partial charge in [0.2, 0.25) is 5.91 Å². The SMILES string of the molecule is CCN(C)C(=O)C(C)NC(=O)c1ccc([N+](=O)[O-])c(Cl)c1. The Hall–Kier alpha value is -2.15. The van der Waals surface area contributed by atoms with E-state index < -0.39 is 16.9 Å². The highest BCUT2D eigenvalue weighted by Crippen LogP contribution is 2.24. The van der Waals surface area contributed by atoms with Crippen molar-refractivity contribution in [3.8, 4) is 0 Å². The summed E-state index contributed by atoms with van der Waals surface area (Å²) in [4.78, 5) is 35.3. The van der Waals surface area contributed by atoms with Gasteiger partial charge in [0.05, 0.1) is 4.92 Å². The molecule has 21 heavy (non-hydrogen) atoms. The minimum atomic E-state index is -0.698. The molecule has 0 aliphatic heterocycles. The molecule has 0 spiro atoms. The summed E-state index contributed by atoms with van der Waals surface area (Å²) in [7, 11) is 1.63. The summed E-state index contributed by atoms with van der Waals surface area (Å²) in [6, 6.07) is 2.95. The van der Waals surface area contributed by atoms with Gasteiger partial charge in [-0.15, -0.1) is 0 Å². The molecule has 2 amide bonds. The van der Waals surface area contributed by atoms with Crippen molar-refractivity contribution < 1.29 is 14.5 Å². The summed E-state index contributed by atoms with van der Waals surface area (Å²) in [5, 5.41) is 13.0. The predicted molar refractivity (Wildman–Crippen MR) is 78.3 cm³/mol. The van der Waals surface area contributed by atoms with Gasteiger partial charge in [-0.25, -0.2) is 0 Å². The molecule has 0 saturated heterocycles. The van der Waals surface area contributed by atoms with Gasteiger partial charge in [-0.1, -0.05) is 11.6 Å². The number of halogens is 1. The lowest BCUT2D eigenvalue weighted by Gasteiger charge is -2.20. The van der Waals surface area contributed by atoms with E-state index in [-0.39, 0.29) is 22.2 Å². The molecule has 1 atom stereocenters. The van der Waals surface area contributed by atoms with Gasteiger partial charge in [0.25, 0.3) is 11.6 Å². The molecule has 0 aliphatic carbocycles. The van der Waals surface area contributed by atoms with Gasteiger partial charge in [0.1, 0.15) is 11.1 Å². The average molecular weight is 314 g/mol. The Morgan fingerprint density at radius 1 is 1.48 bits per heavy atom. The molecule has 0 radical (unpaired) electrons. The molecule has 1 rings (SSSR count). The van der Waals surface area contributed by atoms with Crippen LogP contribution in [0, 0.1) is 10.1 Å². The second kappa shape index (κ2) is 7.03. The summed E-state index contributed by atoms with van der Waals surface area (Å²) < 4.78 is 0. The van der Waals surface area contributed by atoms with E-state index in [9.17, 15) is 19.7 Å². The highest BCUT2D eigenvalue weighted by atomic mass is 35.5. The van der Waals surface area contributed by atoms with Crippen LogP contribution in [0.25, 0.3) is 0 Å². The first-order valence-electron chi connectivity index (χ1n) is 6.27. The number of nitro groups is 1. The molecule has 8 heteroatoms. The molecule has 1 aromatic rings. The molecule has 1 aromatic carbocycles. The number of nitrogens with one attached hydrogen (secondary N) is 1. The van der Waals surface area contributed by atoms with E-state index in [2.05, 4.69) is 5.32 Å². The molecule has 0 fully saturated rings. The third kappa shape index (κ3) is 4.16. The van der Waals surface area contributed by atoms with Gasteiger partial charge in [0.15, 0.2) is 0 Å². The lowest BCUT2D eigenvalue weighted by molar-refractivity contribution is -0.384. The van der Waals surface area contributed by atoms with Crippen LogP contribution in [0.2, 0.25) is 5.02 Å². The quantitative estimate of drug-likeness (QED) is 0.663. The maximum Gasteiger partial charge on any atom is 0.287 e. The molecule has 0 saturated carbocycles. The number of rotatable bonds is 5. The Morgan fingerprint density at radius 3 is 2.57 bits per heavy atom. The van der Waals surface area contributed by atoms with Crippen LogP contribution in [0.1, 0.15) is 24.2 Å². The van der Waals surface area contributed by atoms with Crippen molar-refractivity contribution in [1.82, 2.24) is 10.2 Å². The van der Waals surface area contributed by atoms with Crippen molar-refractivity contribution in [1.29, 1.82) is 0 Å². The van der Waals surface area contributed by atoms with Gasteiger partial charge < -0.3 is 10.2 Å². The summed E-state index contributed by atoms with van der Waals surface area (Å²) >= 11 is 5.74. The largest absolute Gasteiger partial charge is 0.344 e. The van der Waals surface area contributed by atoms with Crippen LogP contribution in [0.5, 0.6) is 0 Å². The normalized spacial score (nSPS) is 11.6. The fourth-order valence-corrected chi connectivity index (χ4v) is 1.87. The summed E-state index contributed by atoms with van der Waals surface area (Å²) in [6.45, 7) is 3.92. The summed E-state index contributed by atoms with van der Waals surface area (Å²) in [5.74, 6) is -0.740. The number of likely N-dealkylation sites (N-methyl/N-ethyl adjacent to an activating group) is 1. The smallest absolute Gasteiger partial charge is 0.287 e. The van der Waals surface area contributed by atoms with E-state index in [0.29, 0.717) is 6.54 Å². The third-order valence-corrected chi connectivity index (χ3v) is 3.28. The third-order valence-electron chi connectivity index (χ3n) is 2.98. The van der Waals surface area contributed by atoms with Gasteiger partial charge in [0, 0.05) is 25.2 Å². The highest BCUT2D eigenvalue weighted by Gasteiger charge is 2.20. The summed E-state index contributed by atoms with van der Waals surface area (Å²) in [6.07, 6.45) is 0. The number of nitrogens with zero attached hydrogens (tertiary/aromatic N) is 2. The Balaban J connectivity index is 2.83. The van der Waals surface area contributed by atoms with Crippen molar-refractivity contribution in [2.75, 3.05) is 13.6 Å². The topological polar surface area (TPSA) is 92.6 Å². The molecule has 1 N–H and O–H groups in total. The van der Waals surface area contributed by atoms with Crippen molar-refractivity contribution in [2.45, 2.75) is 19.9 Å². The molecule has 7 nitrogen and oxygen atoms in total. The number of nitro benzene ring substituents is 1. The molecule has 0 heterocycles. The fraction of sp³-hybridized carbons (Fsp3) is 0.385. The van der Waals surface area contributed by atoms with Gasteiger partial charge in [-0.2, -0.15) is 0 Å².